The Labute approximate surface area is 131 Å². The third kappa shape index (κ3) is 3.15. The van der Waals surface area contributed by atoms with E-state index in [0.29, 0.717) is 0 Å². The number of alkyl halides is 1. The molecule has 106 valence electrons. The lowest BCUT2D eigenvalue weighted by Crippen LogP contribution is -1.99. The molecule has 0 saturated carbocycles. The predicted octanol–water partition coefficient (Wildman–Crippen LogP) is 5.91. The fraction of sp³-hybridized carbons (Fsp3) is 0.368. The van der Waals surface area contributed by atoms with Gasteiger partial charge in [-0.15, -0.1) is 0 Å². The minimum absolute atomic E-state index is 0.277. The van der Waals surface area contributed by atoms with Gasteiger partial charge in [0.15, 0.2) is 0 Å². The molecule has 0 fully saturated rings. The Morgan fingerprint density at radius 2 is 1.60 bits per heavy atom. The second-order valence-electron chi connectivity index (χ2n) is 5.46. The fourth-order valence-corrected chi connectivity index (χ4v) is 3.57. The molecule has 0 N–H and O–H groups in total. The van der Waals surface area contributed by atoms with E-state index >= 15 is 0 Å². The van der Waals surface area contributed by atoms with Crippen LogP contribution in [0.1, 0.15) is 52.1 Å². The van der Waals surface area contributed by atoms with Crippen molar-refractivity contribution in [2.45, 2.75) is 45.4 Å². The third-order valence-corrected chi connectivity index (χ3v) is 5.01. The number of rotatable bonds is 4. The zero-order valence-corrected chi connectivity index (χ0v) is 14.4. The summed E-state index contributed by atoms with van der Waals surface area (Å²) >= 11 is 3.88. The van der Waals surface area contributed by atoms with E-state index in [-0.39, 0.29) is 4.83 Å². The van der Waals surface area contributed by atoms with Gasteiger partial charge in [-0.1, -0.05) is 71.7 Å². The third-order valence-electron chi connectivity index (χ3n) is 3.98. The molecule has 20 heavy (non-hydrogen) atoms. The Hall–Kier alpha value is -1.08. The first kappa shape index (κ1) is 15.3. The zero-order chi connectivity index (χ0) is 14.7. The average molecular weight is 331 g/mol. The van der Waals surface area contributed by atoms with Gasteiger partial charge >= 0.3 is 0 Å². The normalized spacial score (nSPS) is 12.4. The monoisotopic (exact) mass is 330 g/mol. The molecule has 1 unspecified atom stereocenters. The van der Waals surface area contributed by atoms with Crippen LogP contribution in [0.4, 0.5) is 0 Å². The van der Waals surface area contributed by atoms with Crippen molar-refractivity contribution in [3.05, 3.63) is 69.8 Å². The van der Waals surface area contributed by atoms with E-state index < -0.39 is 0 Å². The van der Waals surface area contributed by atoms with Crippen LogP contribution in [0.2, 0.25) is 0 Å². The average Bonchev–Trinajstić information content (AvgIpc) is 2.45. The van der Waals surface area contributed by atoms with Crippen molar-refractivity contribution in [1.29, 1.82) is 0 Å². The molecule has 2 rings (SSSR count). The summed E-state index contributed by atoms with van der Waals surface area (Å²) in [6, 6.07) is 13.6. The predicted molar refractivity (Wildman–Crippen MR) is 91.9 cm³/mol. The molecule has 0 aromatic heterocycles. The summed E-state index contributed by atoms with van der Waals surface area (Å²) in [6.07, 6.45) is 2.21. The minimum atomic E-state index is 0.277. The topological polar surface area (TPSA) is 0 Å². The van der Waals surface area contributed by atoms with Crippen molar-refractivity contribution in [3.63, 3.8) is 0 Å². The summed E-state index contributed by atoms with van der Waals surface area (Å²) in [5.74, 6) is 0. The van der Waals surface area contributed by atoms with Gasteiger partial charge in [-0.25, -0.2) is 0 Å². The van der Waals surface area contributed by atoms with Crippen LogP contribution in [0.25, 0.3) is 0 Å². The summed E-state index contributed by atoms with van der Waals surface area (Å²) in [5.41, 5.74) is 8.33. The Balaban J connectivity index is 2.40. The Bertz CT molecular complexity index is 599. The largest absolute Gasteiger partial charge is 0.0786 e. The smallest absolute Gasteiger partial charge is 0.0647 e. The number of hydrogen-bond acceptors (Lipinski definition) is 0. The van der Waals surface area contributed by atoms with Crippen molar-refractivity contribution in [1.82, 2.24) is 0 Å². The van der Waals surface area contributed by atoms with E-state index in [1.807, 2.05) is 0 Å². The number of hydrogen-bond donors (Lipinski definition) is 0. The van der Waals surface area contributed by atoms with E-state index in [1.165, 1.54) is 33.4 Å². The minimum Gasteiger partial charge on any atom is -0.0786 e. The van der Waals surface area contributed by atoms with Gasteiger partial charge in [-0.3, -0.25) is 0 Å². The maximum atomic E-state index is 3.88. The Morgan fingerprint density at radius 3 is 2.20 bits per heavy atom. The molecule has 0 nitrogen and oxygen atoms in total. The molecule has 0 aliphatic carbocycles. The standard InChI is InChI=1S/C19H23Br/c1-5-15-8-9-17(12-16(15)6-2)19(20)18-10-7-13(3)11-14(18)4/h7-12,19H,5-6H2,1-4H3. The molecule has 0 saturated heterocycles. The number of benzene rings is 2. The molecule has 1 heteroatoms. The lowest BCUT2D eigenvalue weighted by molar-refractivity contribution is 1.02. The van der Waals surface area contributed by atoms with E-state index in [9.17, 15) is 0 Å². The molecule has 0 spiro atoms. The second-order valence-corrected chi connectivity index (χ2v) is 6.37. The number of halogens is 1. The molecule has 0 amide bonds. The summed E-state index contributed by atoms with van der Waals surface area (Å²) < 4.78 is 0. The van der Waals surface area contributed by atoms with Crippen LogP contribution >= 0.6 is 15.9 Å². The number of aryl methyl sites for hydroxylation is 4. The van der Waals surface area contributed by atoms with Crippen LogP contribution in [-0.2, 0) is 12.8 Å². The van der Waals surface area contributed by atoms with Crippen molar-refractivity contribution in [3.8, 4) is 0 Å². The van der Waals surface area contributed by atoms with Gasteiger partial charge in [0.1, 0.15) is 0 Å². The molecular formula is C19H23Br. The fourth-order valence-electron chi connectivity index (χ4n) is 2.77. The molecular weight excluding hydrogens is 308 g/mol. The van der Waals surface area contributed by atoms with Gasteiger partial charge in [0.25, 0.3) is 0 Å². The SMILES string of the molecule is CCc1ccc(C(Br)c2ccc(C)cc2C)cc1CC. The van der Waals surface area contributed by atoms with Gasteiger partial charge < -0.3 is 0 Å². The molecule has 0 bridgehead atoms. The van der Waals surface area contributed by atoms with Crippen LogP contribution in [0.5, 0.6) is 0 Å². The highest BCUT2D eigenvalue weighted by Gasteiger charge is 2.14. The van der Waals surface area contributed by atoms with Crippen LogP contribution in [-0.4, -0.2) is 0 Å². The van der Waals surface area contributed by atoms with Gasteiger partial charge in [0.2, 0.25) is 0 Å². The first-order valence-electron chi connectivity index (χ1n) is 7.39. The Morgan fingerprint density at radius 1 is 0.900 bits per heavy atom. The van der Waals surface area contributed by atoms with E-state index in [1.54, 1.807) is 0 Å². The van der Waals surface area contributed by atoms with Crippen molar-refractivity contribution in [2.75, 3.05) is 0 Å². The molecule has 2 aromatic carbocycles. The lowest BCUT2D eigenvalue weighted by Gasteiger charge is -2.16. The van der Waals surface area contributed by atoms with E-state index in [2.05, 4.69) is 80.0 Å². The molecule has 0 aliphatic heterocycles. The van der Waals surface area contributed by atoms with Gasteiger partial charge in [0.05, 0.1) is 4.83 Å². The van der Waals surface area contributed by atoms with Gasteiger partial charge in [-0.2, -0.15) is 0 Å². The van der Waals surface area contributed by atoms with Crippen LogP contribution in [0, 0.1) is 13.8 Å². The summed E-state index contributed by atoms with van der Waals surface area (Å²) in [7, 11) is 0. The van der Waals surface area contributed by atoms with Gasteiger partial charge in [-0.05, 0) is 54.5 Å². The van der Waals surface area contributed by atoms with Crippen LogP contribution in [0.15, 0.2) is 36.4 Å². The first-order chi connectivity index (χ1) is 9.56. The highest BCUT2D eigenvalue weighted by Crippen LogP contribution is 2.34. The molecule has 1 atom stereocenters. The quantitative estimate of drug-likeness (QED) is 0.611. The van der Waals surface area contributed by atoms with Crippen molar-refractivity contribution >= 4 is 15.9 Å². The summed E-state index contributed by atoms with van der Waals surface area (Å²) in [5, 5.41) is 0. The highest BCUT2D eigenvalue weighted by molar-refractivity contribution is 9.09. The van der Waals surface area contributed by atoms with Crippen molar-refractivity contribution in [2.24, 2.45) is 0 Å². The maximum absolute atomic E-state index is 3.88. The van der Waals surface area contributed by atoms with Gasteiger partial charge in [0, 0.05) is 0 Å². The second kappa shape index (κ2) is 6.58. The summed E-state index contributed by atoms with van der Waals surface area (Å²) in [4.78, 5) is 0.277. The molecule has 0 radical (unpaired) electrons. The lowest BCUT2D eigenvalue weighted by atomic mass is 9.94. The highest BCUT2D eigenvalue weighted by atomic mass is 79.9. The van der Waals surface area contributed by atoms with E-state index in [4.69, 9.17) is 0 Å². The molecule has 2 aromatic rings. The van der Waals surface area contributed by atoms with Crippen molar-refractivity contribution < 1.29 is 0 Å². The molecule has 0 aliphatic rings. The zero-order valence-electron chi connectivity index (χ0n) is 12.8. The molecule has 0 heterocycles. The maximum Gasteiger partial charge on any atom is 0.0647 e. The summed E-state index contributed by atoms with van der Waals surface area (Å²) in [6.45, 7) is 8.80. The first-order valence-corrected chi connectivity index (χ1v) is 8.31. The van der Waals surface area contributed by atoms with E-state index in [0.717, 1.165) is 12.8 Å². The Kier molecular flexibility index (Phi) is 5.04. The van der Waals surface area contributed by atoms with Crippen LogP contribution in [0.3, 0.4) is 0 Å². The van der Waals surface area contributed by atoms with Crippen LogP contribution < -0.4 is 0 Å².